The summed E-state index contributed by atoms with van der Waals surface area (Å²) in [5.74, 6) is -0.511. The minimum Gasteiger partial charge on any atom is -0.274 e. The number of carbonyl (C=O) groups excluding carboxylic acids is 2. The van der Waals surface area contributed by atoms with Crippen molar-refractivity contribution in [3.63, 3.8) is 0 Å². The van der Waals surface area contributed by atoms with E-state index >= 15 is 0 Å². The zero-order valence-electron chi connectivity index (χ0n) is 8.23. The lowest BCUT2D eigenvalue weighted by Gasteiger charge is -2.32. The molecule has 0 aliphatic carbocycles. The van der Waals surface area contributed by atoms with E-state index in [0.29, 0.717) is 6.54 Å². The van der Waals surface area contributed by atoms with Crippen LogP contribution >= 0.6 is 0 Å². The number of hydrogen-bond donors (Lipinski definition) is 1. The predicted molar refractivity (Wildman–Crippen MR) is 51.3 cm³/mol. The van der Waals surface area contributed by atoms with E-state index in [4.69, 9.17) is 0 Å². The molecule has 0 aromatic heterocycles. The second-order valence-corrected chi connectivity index (χ2v) is 2.89. The third-order valence-electron chi connectivity index (χ3n) is 1.62. The first-order chi connectivity index (χ1) is 6.61. The zero-order valence-corrected chi connectivity index (χ0v) is 8.23. The largest absolute Gasteiger partial charge is 0.274 e. The van der Waals surface area contributed by atoms with Crippen molar-refractivity contribution in [2.75, 3.05) is 6.54 Å². The number of allylic oxidation sites excluding steroid dienone is 2. The molecule has 5 nitrogen and oxygen atoms in total. The fourth-order valence-corrected chi connectivity index (χ4v) is 1.08. The van der Waals surface area contributed by atoms with E-state index in [2.05, 4.69) is 5.43 Å². The molecule has 14 heavy (non-hydrogen) atoms. The van der Waals surface area contributed by atoms with Crippen LogP contribution in [0.4, 0.5) is 0 Å². The van der Waals surface area contributed by atoms with Gasteiger partial charge in [-0.3, -0.25) is 14.6 Å². The molecule has 0 bridgehead atoms. The Kier molecular flexibility index (Phi) is 3.28. The Morgan fingerprint density at radius 3 is 2.50 bits per heavy atom. The topological polar surface area (TPSA) is 52.7 Å². The molecule has 0 unspecified atom stereocenters. The van der Waals surface area contributed by atoms with Crippen LogP contribution in [0.5, 0.6) is 0 Å². The molecule has 0 fully saturated rings. The van der Waals surface area contributed by atoms with Gasteiger partial charge >= 0.3 is 0 Å². The predicted octanol–water partition coefficient (Wildman–Crippen LogP) is 0.186. The van der Waals surface area contributed by atoms with Crippen molar-refractivity contribution in [3.05, 3.63) is 24.4 Å². The Morgan fingerprint density at radius 2 is 2.07 bits per heavy atom. The van der Waals surface area contributed by atoms with Gasteiger partial charge in [0, 0.05) is 20.0 Å². The van der Waals surface area contributed by atoms with Gasteiger partial charge in [-0.2, -0.15) is 5.12 Å². The maximum absolute atomic E-state index is 11.2. The fraction of sp³-hybridized carbons (Fsp3) is 0.333. The van der Waals surface area contributed by atoms with Gasteiger partial charge in [0.15, 0.2) is 0 Å². The summed E-state index contributed by atoms with van der Waals surface area (Å²) < 4.78 is 0. The summed E-state index contributed by atoms with van der Waals surface area (Å²) in [6.45, 7) is 3.32. The van der Waals surface area contributed by atoms with Gasteiger partial charge in [-0.1, -0.05) is 12.2 Å². The molecule has 0 aromatic carbocycles. The molecule has 5 heteroatoms. The van der Waals surface area contributed by atoms with Crippen LogP contribution in [0.1, 0.15) is 13.8 Å². The highest BCUT2D eigenvalue weighted by Crippen LogP contribution is 2.02. The maximum Gasteiger partial charge on any atom is 0.257 e. The van der Waals surface area contributed by atoms with Crippen molar-refractivity contribution in [2.24, 2.45) is 0 Å². The average Bonchev–Trinajstić information content (AvgIpc) is 2.15. The molecular weight excluding hydrogens is 182 g/mol. The quantitative estimate of drug-likeness (QED) is 0.607. The van der Waals surface area contributed by atoms with Crippen molar-refractivity contribution in [2.45, 2.75) is 13.8 Å². The van der Waals surface area contributed by atoms with Crippen LogP contribution in [0.25, 0.3) is 0 Å². The van der Waals surface area contributed by atoms with Crippen LogP contribution in [0.2, 0.25) is 0 Å². The van der Waals surface area contributed by atoms with Crippen molar-refractivity contribution >= 4 is 11.8 Å². The number of nitrogens with zero attached hydrogens (tertiary/aromatic N) is 2. The first-order valence-corrected chi connectivity index (χ1v) is 4.29. The molecule has 1 rings (SSSR count). The summed E-state index contributed by atoms with van der Waals surface area (Å²) in [6.07, 6.45) is 7.28. The van der Waals surface area contributed by atoms with Gasteiger partial charge in [0.05, 0.1) is 6.54 Å². The van der Waals surface area contributed by atoms with Crippen LogP contribution in [0.15, 0.2) is 24.4 Å². The molecule has 0 spiro atoms. The Labute approximate surface area is 82.6 Å². The molecular formula is C9H13N3O2. The third-order valence-corrected chi connectivity index (χ3v) is 1.62. The molecule has 0 saturated heterocycles. The molecule has 0 atom stereocenters. The van der Waals surface area contributed by atoms with E-state index in [1.807, 2.05) is 12.2 Å². The minimum absolute atomic E-state index is 0.236. The van der Waals surface area contributed by atoms with Crippen molar-refractivity contribution < 1.29 is 9.59 Å². The van der Waals surface area contributed by atoms with Gasteiger partial charge in [-0.05, 0) is 6.08 Å². The monoisotopic (exact) mass is 195 g/mol. The molecule has 1 heterocycles. The number of hydrazine groups is 2. The number of amides is 2. The first-order valence-electron chi connectivity index (χ1n) is 4.29. The lowest BCUT2D eigenvalue weighted by atomic mass is 10.4. The van der Waals surface area contributed by atoms with Crippen LogP contribution in [-0.2, 0) is 9.59 Å². The Balaban J connectivity index is 2.67. The maximum atomic E-state index is 11.2. The Hall–Kier alpha value is -1.78. The van der Waals surface area contributed by atoms with Crippen LogP contribution < -0.4 is 5.43 Å². The van der Waals surface area contributed by atoms with Crippen molar-refractivity contribution in [3.8, 4) is 0 Å². The van der Waals surface area contributed by atoms with Crippen molar-refractivity contribution in [1.82, 2.24) is 15.6 Å². The number of carbonyl (C=O) groups is 2. The van der Waals surface area contributed by atoms with Gasteiger partial charge in [-0.25, -0.2) is 5.43 Å². The molecule has 2 amide bonds. The highest BCUT2D eigenvalue weighted by molar-refractivity contribution is 5.79. The number of rotatable bonds is 1. The van der Waals surface area contributed by atoms with E-state index in [1.54, 1.807) is 17.3 Å². The number of nitrogens with one attached hydrogen (secondary N) is 1. The van der Waals surface area contributed by atoms with E-state index in [0.717, 1.165) is 0 Å². The summed E-state index contributed by atoms with van der Waals surface area (Å²) in [5, 5.41) is 2.80. The minimum atomic E-state index is -0.275. The zero-order chi connectivity index (χ0) is 10.6. The van der Waals surface area contributed by atoms with Gasteiger partial charge in [0.25, 0.3) is 5.91 Å². The molecule has 0 saturated carbocycles. The van der Waals surface area contributed by atoms with Gasteiger partial charge in [-0.15, -0.1) is 0 Å². The molecule has 1 aliphatic heterocycles. The SMILES string of the molecule is CC(=O)NN(C(C)=O)N1C=CC=CC1. The summed E-state index contributed by atoms with van der Waals surface area (Å²) in [5.41, 5.74) is 2.43. The van der Waals surface area contributed by atoms with E-state index in [9.17, 15) is 9.59 Å². The van der Waals surface area contributed by atoms with Crippen LogP contribution in [0, 0.1) is 0 Å². The molecule has 0 radical (unpaired) electrons. The summed E-state index contributed by atoms with van der Waals surface area (Å²) in [6, 6.07) is 0. The van der Waals surface area contributed by atoms with E-state index < -0.39 is 0 Å². The van der Waals surface area contributed by atoms with Crippen LogP contribution in [0.3, 0.4) is 0 Å². The second-order valence-electron chi connectivity index (χ2n) is 2.89. The van der Waals surface area contributed by atoms with Gasteiger partial charge < -0.3 is 0 Å². The lowest BCUT2D eigenvalue weighted by Crippen LogP contribution is -2.53. The average molecular weight is 195 g/mol. The standard InChI is InChI=1S/C9H13N3O2/c1-8(13)10-12(9(2)14)11-6-4-3-5-7-11/h3-6H,7H2,1-2H3,(H,10,13). The molecule has 76 valence electrons. The summed E-state index contributed by atoms with van der Waals surface area (Å²) in [4.78, 5) is 22.0. The Bertz CT molecular complexity index is 296. The third kappa shape index (κ3) is 2.62. The fourth-order valence-electron chi connectivity index (χ4n) is 1.08. The number of hydrogen-bond acceptors (Lipinski definition) is 3. The summed E-state index contributed by atoms with van der Waals surface area (Å²) in [7, 11) is 0. The Morgan fingerprint density at radius 1 is 1.36 bits per heavy atom. The van der Waals surface area contributed by atoms with E-state index in [1.165, 1.54) is 19.0 Å². The summed E-state index contributed by atoms with van der Waals surface area (Å²) >= 11 is 0. The normalized spacial score (nSPS) is 14.0. The lowest BCUT2D eigenvalue weighted by molar-refractivity contribution is -0.155. The van der Waals surface area contributed by atoms with Crippen molar-refractivity contribution in [1.29, 1.82) is 0 Å². The smallest absolute Gasteiger partial charge is 0.257 e. The van der Waals surface area contributed by atoms with E-state index in [-0.39, 0.29) is 11.8 Å². The molecule has 0 aromatic rings. The molecule has 1 aliphatic rings. The highest BCUT2D eigenvalue weighted by Gasteiger charge is 2.15. The van der Waals surface area contributed by atoms with Gasteiger partial charge in [0.2, 0.25) is 5.91 Å². The first kappa shape index (κ1) is 10.3. The second kappa shape index (κ2) is 4.45. The highest BCUT2D eigenvalue weighted by atomic mass is 16.2. The van der Waals surface area contributed by atoms with Crippen LogP contribution in [-0.4, -0.2) is 28.5 Å². The molecule has 1 N–H and O–H groups in total. The van der Waals surface area contributed by atoms with Gasteiger partial charge in [0.1, 0.15) is 0 Å².